The van der Waals surface area contributed by atoms with Crippen LogP contribution in [0.3, 0.4) is 0 Å². The third-order valence-corrected chi connectivity index (χ3v) is 2.03. The van der Waals surface area contributed by atoms with Gasteiger partial charge in [0.25, 0.3) is 0 Å². The predicted molar refractivity (Wildman–Crippen MR) is 65.3 cm³/mol. The number of anilines is 1. The molecule has 84 valence electrons. The first-order chi connectivity index (χ1) is 7.86. The second-order valence-electron chi connectivity index (χ2n) is 3.31. The molecule has 0 saturated carbocycles. The highest BCUT2D eigenvalue weighted by molar-refractivity contribution is 5.48. The fourth-order valence-electron chi connectivity index (χ4n) is 1.23. The Morgan fingerprint density at radius 2 is 2.31 bits per heavy atom. The minimum atomic E-state index is 0.657. The van der Waals surface area contributed by atoms with Crippen molar-refractivity contribution in [1.82, 2.24) is 0 Å². The summed E-state index contributed by atoms with van der Waals surface area (Å²) in [6.07, 6.45) is 2.72. The number of hydrogen-bond acceptors (Lipinski definition) is 3. The number of nitriles is 1. The van der Waals surface area contributed by atoms with Gasteiger partial charge >= 0.3 is 0 Å². The van der Waals surface area contributed by atoms with Gasteiger partial charge in [-0.2, -0.15) is 5.26 Å². The van der Waals surface area contributed by atoms with Crippen molar-refractivity contribution in [2.24, 2.45) is 0 Å². The first kappa shape index (κ1) is 12.3. The number of rotatable bonds is 7. The van der Waals surface area contributed by atoms with E-state index in [1.807, 2.05) is 24.3 Å². The Morgan fingerprint density at radius 1 is 1.44 bits per heavy atom. The third kappa shape index (κ3) is 4.63. The topological polar surface area (TPSA) is 45.0 Å². The van der Waals surface area contributed by atoms with Crippen LogP contribution in [0.5, 0.6) is 0 Å². The average molecular weight is 216 g/mol. The van der Waals surface area contributed by atoms with Crippen molar-refractivity contribution in [3.8, 4) is 6.07 Å². The van der Waals surface area contributed by atoms with Crippen LogP contribution in [0.4, 0.5) is 5.69 Å². The van der Waals surface area contributed by atoms with Crippen LogP contribution in [0.1, 0.15) is 12.0 Å². The van der Waals surface area contributed by atoms with Gasteiger partial charge in [0, 0.05) is 12.2 Å². The largest absolute Gasteiger partial charge is 0.383 e. The second-order valence-corrected chi connectivity index (χ2v) is 3.31. The summed E-state index contributed by atoms with van der Waals surface area (Å²) in [7, 11) is 0. The highest BCUT2D eigenvalue weighted by Crippen LogP contribution is 2.08. The number of nitrogens with zero attached hydrogens (tertiary/aromatic N) is 1. The molecule has 1 aromatic carbocycles. The molecule has 0 atom stereocenters. The maximum atomic E-state index is 8.72. The Morgan fingerprint density at radius 3 is 3.06 bits per heavy atom. The predicted octanol–water partition coefficient (Wildman–Crippen LogP) is 2.56. The minimum absolute atomic E-state index is 0.657. The Bertz CT molecular complexity index is 368. The summed E-state index contributed by atoms with van der Waals surface area (Å²) in [4.78, 5) is 0. The van der Waals surface area contributed by atoms with Crippen molar-refractivity contribution in [3.05, 3.63) is 42.5 Å². The molecule has 1 aromatic rings. The van der Waals surface area contributed by atoms with E-state index in [4.69, 9.17) is 10.00 Å². The van der Waals surface area contributed by atoms with Gasteiger partial charge < -0.3 is 10.1 Å². The monoisotopic (exact) mass is 216 g/mol. The van der Waals surface area contributed by atoms with Gasteiger partial charge in [-0.1, -0.05) is 12.1 Å². The highest BCUT2D eigenvalue weighted by Gasteiger charge is 1.93. The molecule has 3 nitrogen and oxygen atoms in total. The van der Waals surface area contributed by atoms with Crippen LogP contribution in [0, 0.1) is 11.3 Å². The van der Waals surface area contributed by atoms with Crippen molar-refractivity contribution in [2.75, 3.05) is 25.1 Å². The lowest BCUT2D eigenvalue weighted by Crippen LogP contribution is -2.09. The van der Waals surface area contributed by atoms with Crippen LogP contribution in [0.25, 0.3) is 0 Å². The van der Waals surface area contributed by atoms with Crippen LogP contribution >= 0.6 is 0 Å². The van der Waals surface area contributed by atoms with Crippen molar-refractivity contribution in [1.29, 1.82) is 5.26 Å². The summed E-state index contributed by atoms with van der Waals surface area (Å²) >= 11 is 0. The lowest BCUT2D eigenvalue weighted by atomic mass is 10.2. The van der Waals surface area contributed by atoms with Gasteiger partial charge in [-0.15, -0.1) is 6.58 Å². The smallest absolute Gasteiger partial charge is 0.0992 e. The Balaban J connectivity index is 2.21. The van der Waals surface area contributed by atoms with E-state index in [0.717, 1.165) is 18.7 Å². The molecule has 0 amide bonds. The molecule has 3 heteroatoms. The summed E-state index contributed by atoms with van der Waals surface area (Å²) in [5.74, 6) is 0. The van der Waals surface area contributed by atoms with E-state index in [0.29, 0.717) is 18.8 Å². The molecular formula is C13H16N2O. The lowest BCUT2D eigenvalue weighted by molar-refractivity contribution is 0.149. The zero-order chi connectivity index (χ0) is 11.6. The fraction of sp³-hybridized carbons (Fsp3) is 0.308. The summed E-state index contributed by atoms with van der Waals surface area (Å²) < 4.78 is 5.35. The van der Waals surface area contributed by atoms with Gasteiger partial charge in [0.2, 0.25) is 0 Å². The maximum Gasteiger partial charge on any atom is 0.0992 e. The second kappa shape index (κ2) is 7.49. The molecule has 0 aromatic heterocycles. The van der Waals surface area contributed by atoms with Crippen molar-refractivity contribution in [3.63, 3.8) is 0 Å². The Kier molecular flexibility index (Phi) is 5.75. The zero-order valence-electron chi connectivity index (χ0n) is 9.28. The van der Waals surface area contributed by atoms with Crippen molar-refractivity contribution in [2.45, 2.75) is 6.42 Å². The van der Waals surface area contributed by atoms with Crippen LogP contribution in [0.15, 0.2) is 36.9 Å². The summed E-state index contributed by atoms with van der Waals surface area (Å²) in [6, 6.07) is 9.51. The molecule has 0 fully saturated rings. The Labute approximate surface area is 96.4 Å². The van der Waals surface area contributed by atoms with Gasteiger partial charge in [-0.25, -0.2) is 0 Å². The fourth-order valence-corrected chi connectivity index (χ4v) is 1.23. The molecule has 0 unspecified atom stereocenters. The highest BCUT2D eigenvalue weighted by atomic mass is 16.5. The number of nitrogens with one attached hydrogen (secondary N) is 1. The molecular weight excluding hydrogens is 200 g/mol. The van der Waals surface area contributed by atoms with Crippen LogP contribution in [-0.2, 0) is 4.74 Å². The van der Waals surface area contributed by atoms with Gasteiger partial charge in [0.15, 0.2) is 0 Å². The van der Waals surface area contributed by atoms with Crippen LogP contribution in [-0.4, -0.2) is 19.8 Å². The molecule has 0 saturated heterocycles. The first-order valence-corrected chi connectivity index (χ1v) is 5.29. The van der Waals surface area contributed by atoms with E-state index < -0.39 is 0 Å². The maximum absolute atomic E-state index is 8.72. The normalized spacial score (nSPS) is 9.44. The molecule has 1 N–H and O–H groups in total. The number of hydrogen-bond donors (Lipinski definition) is 1. The average Bonchev–Trinajstić information content (AvgIpc) is 2.34. The van der Waals surface area contributed by atoms with Gasteiger partial charge in [-0.05, 0) is 24.6 Å². The number of benzene rings is 1. The molecule has 0 aliphatic rings. The first-order valence-electron chi connectivity index (χ1n) is 5.29. The van der Waals surface area contributed by atoms with Crippen molar-refractivity contribution >= 4 is 5.69 Å². The van der Waals surface area contributed by atoms with Gasteiger partial charge in [-0.3, -0.25) is 0 Å². The molecule has 1 rings (SSSR count). The van der Waals surface area contributed by atoms with Crippen LogP contribution in [0.2, 0.25) is 0 Å². The van der Waals surface area contributed by atoms with Crippen molar-refractivity contribution < 1.29 is 4.74 Å². The quantitative estimate of drug-likeness (QED) is 0.562. The zero-order valence-corrected chi connectivity index (χ0v) is 9.28. The molecule has 0 radical (unpaired) electrons. The molecule has 0 spiro atoms. The Hall–Kier alpha value is -1.79. The van der Waals surface area contributed by atoms with E-state index in [1.165, 1.54) is 0 Å². The summed E-state index contributed by atoms with van der Waals surface area (Å²) in [5.41, 5.74) is 1.61. The standard InChI is InChI=1S/C13H16N2O/c1-2-3-8-16-9-7-15-13-6-4-5-12(10-13)11-14/h2,4-6,10,15H,1,3,7-9H2. The number of ether oxygens (including phenoxy) is 1. The van der Waals surface area contributed by atoms with Gasteiger partial charge in [0.1, 0.15) is 0 Å². The van der Waals surface area contributed by atoms with Gasteiger partial charge in [0.05, 0.1) is 24.8 Å². The molecule has 16 heavy (non-hydrogen) atoms. The third-order valence-electron chi connectivity index (χ3n) is 2.03. The van der Waals surface area contributed by atoms with E-state index >= 15 is 0 Å². The molecule has 0 bridgehead atoms. The summed E-state index contributed by atoms with van der Waals surface area (Å²) in [5, 5.41) is 11.9. The van der Waals surface area contributed by atoms with E-state index in [-0.39, 0.29) is 0 Å². The van der Waals surface area contributed by atoms with E-state index in [1.54, 1.807) is 6.07 Å². The minimum Gasteiger partial charge on any atom is -0.383 e. The molecule has 0 aliphatic carbocycles. The SMILES string of the molecule is C=CCCOCCNc1cccc(C#N)c1. The van der Waals surface area contributed by atoms with E-state index in [2.05, 4.69) is 18.0 Å². The summed E-state index contributed by atoms with van der Waals surface area (Å²) in [6.45, 7) is 5.73. The van der Waals surface area contributed by atoms with E-state index in [9.17, 15) is 0 Å². The van der Waals surface area contributed by atoms with Crippen LogP contribution < -0.4 is 5.32 Å². The lowest BCUT2D eigenvalue weighted by Gasteiger charge is -2.06. The molecule has 0 heterocycles. The molecule has 0 aliphatic heterocycles.